The van der Waals surface area contributed by atoms with Gasteiger partial charge in [-0.05, 0) is 48.4 Å². The molecule has 0 aliphatic rings. The number of rotatable bonds is 8. The van der Waals surface area contributed by atoms with Crippen molar-refractivity contribution in [3.8, 4) is 17.0 Å². The second-order valence-electron chi connectivity index (χ2n) is 8.07. The molecule has 34 heavy (non-hydrogen) atoms. The van der Waals surface area contributed by atoms with Crippen LogP contribution in [0.1, 0.15) is 24.1 Å². The van der Waals surface area contributed by atoms with Crippen molar-refractivity contribution in [3.63, 3.8) is 0 Å². The smallest absolute Gasteiger partial charge is 0.267 e. The molecule has 1 unspecified atom stereocenters. The monoisotopic (exact) mass is 453 g/mol. The van der Waals surface area contributed by atoms with Crippen LogP contribution in [0.5, 0.6) is 5.75 Å². The summed E-state index contributed by atoms with van der Waals surface area (Å²) in [6, 6.07) is 29.4. The molecule has 0 saturated heterocycles. The van der Waals surface area contributed by atoms with Crippen LogP contribution in [0.4, 0.5) is 0 Å². The number of carbonyl (C=O) groups excluding carboxylic acids is 1. The summed E-state index contributed by atoms with van der Waals surface area (Å²) < 4.78 is 6.48. The molecule has 1 heterocycles. The van der Waals surface area contributed by atoms with Gasteiger partial charge in [-0.25, -0.2) is 4.68 Å². The second kappa shape index (κ2) is 10.6. The lowest BCUT2D eigenvalue weighted by molar-refractivity contribution is -0.136. The number of ether oxygens (including phenoxy) is 1. The van der Waals surface area contributed by atoms with Crippen molar-refractivity contribution in [3.05, 3.63) is 119 Å². The van der Waals surface area contributed by atoms with Gasteiger partial charge in [0.05, 0.1) is 12.8 Å². The van der Waals surface area contributed by atoms with E-state index in [0.29, 0.717) is 18.8 Å². The molecule has 1 aromatic heterocycles. The van der Waals surface area contributed by atoms with Gasteiger partial charge in [-0.1, -0.05) is 60.7 Å². The number of carbonyl (C=O) groups is 1. The van der Waals surface area contributed by atoms with Crippen molar-refractivity contribution in [2.45, 2.75) is 26.1 Å². The summed E-state index contributed by atoms with van der Waals surface area (Å²) in [7, 11) is 1.61. The van der Waals surface area contributed by atoms with Crippen LogP contribution in [0.2, 0.25) is 0 Å². The number of hydrogen-bond acceptors (Lipinski definition) is 4. The minimum absolute atomic E-state index is 0.172. The summed E-state index contributed by atoms with van der Waals surface area (Å²) in [6.45, 7) is 2.59. The third-order valence-corrected chi connectivity index (χ3v) is 5.68. The third kappa shape index (κ3) is 5.41. The molecule has 6 heteroatoms. The molecule has 0 aliphatic heterocycles. The molecule has 4 aromatic rings. The molecular formula is C28H27N3O3. The summed E-state index contributed by atoms with van der Waals surface area (Å²) in [5.41, 5.74) is 3.16. The predicted octanol–water partition coefficient (Wildman–Crippen LogP) is 4.71. The second-order valence-corrected chi connectivity index (χ2v) is 8.07. The highest BCUT2D eigenvalue weighted by atomic mass is 16.5. The van der Waals surface area contributed by atoms with Gasteiger partial charge >= 0.3 is 0 Å². The van der Waals surface area contributed by atoms with E-state index in [2.05, 4.69) is 5.10 Å². The Morgan fingerprint density at radius 1 is 0.853 bits per heavy atom. The Hall–Kier alpha value is -4.19. The highest BCUT2D eigenvalue weighted by Gasteiger charge is 2.24. The number of hydrogen-bond donors (Lipinski definition) is 0. The van der Waals surface area contributed by atoms with Gasteiger partial charge in [-0.2, -0.15) is 5.10 Å². The summed E-state index contributed by atoms with van der Waals surface area (Å²) >= 11 is 0. The van der Waals surface area contributed by atoms with E-state index in [1.54, 1.807) is 25.0 Å². The zero-order valence-corrected chi connectivity index (χ0v) is 19.3. The molecule has 1 atom stereocenters. The van der Waals surface area contributed by atoms with Crippen molar-refractivity contribution in [2.75, 3.05) is 7.11 Å². The van der Waals surface area contributed by atoms with Crippen LogP contribution in [0.15, 0.2) is 102 Å². The molecule has 0 spiro atoms. The van der Waals surface area contributed by atoms with E-state index in [-0.39, 0.29) is 11.5 Å². The van der Waals surface area contributed by atoms with Gasteiger partial charge in [-0.15, -0.1) is 0 Å². The number of aromatic nitrogens is 2. The van der Waals surface area contributed by atoms with Crippen LogP contribution in [-0.2, 0) is 17.9 Å². The maximum absolute atomic E-state index is 13.6. The highest BCUT2D eigenvalue weighted by molar-refractivity contribution is 5.80. The zero-order valence-electron chi connectivity index (χ0n) is 19.3. The summed E-state index contributed by atoms with van der Waals surface area (Å²) in [5, 5.41) is 4.53. The Kier molecular flexibility index (Phi) is 7.18. The van der Waals surface area contributed by atoms with Crippen LogP contribution >= 0.6 is 0 Å². The topological polar surface area (TPSA) is 64.4 Å². The number of benzene rings is 3. The predicted molar refractivity (Wildman–Crippen MR) is 132 cm³/mol. The lowest BCUT2D eigenvalue weighted by Gasteiger charge is -2.26. The van der Waals surface area contributed by atoms with E-state index >= 15 is 0 Å². The van der Waals surface area contributed by atoms with E-state index in [4.69, 9.17) is 4.74 Å². The molecule has 6 nitrogen and oxygen atoms in total. The van der Waals surface area contributed by atoms with Gasteiger partial charge in [0.25, 0.3) is 5.56 Å². The first-order valence-corrected chi connectivity index (χ1v) is 11.2. The van der Waals surface area contributed by atoms with E-state index in [1.165, 1.54) is 10.7 Å². The average Bonchev–Trinajstić information content (AvgIpc) is 2.89. The van der Waals surface area contributed by atoms with Crippen LogP contribution in [-0.4, -0.2) is 27.7 Å². The maximum Gasteiger partial charge on any atom is 0.267 e. The highest BCUT2D eigenvalue weighted by Crippen LogP contribution is 2.21. The van der Waals surface area contributed by atoms with Crippen LogP contribution in [0.3, 0.4) is 0 Å². The summed E-state index contributed by atoms with van der Waals surface area (Å²) in [5.74, 6) is 0.562. The first kappa shape index (κ1) is 23.0. The van der Waals surface area contributed by atoms with Crippen molar-refractivity contribution in [1.82, 2.24) is 14.7 Å². The fourth-order valence-electron chi connectivity index (χ4n) is 3.81. The third-order valence-electron chi connectivity index (χ3n) is 5.68. The molecular weight excluding hydrogens is 426 g/mol. The SMILES string of the molecule is COc1ccc(-c2ccc(=O)n(C(C)C(=O)N(Cc3ccccc3)Cc3ccccc3)n2)cc1. The normalized spacial score (nSPS) is 11.6. The Morgan fingerprint density at radius 3 is 1.94 bits per heavy atom. The summed E-state index contributed by atoms with van der Waals surface area (Å²) in [6.07, 6.45) is 0. The van der Waals surface area contributed by atoms with Gasteiger partial charge in [0.1, 0.15) is 11.8 Å². The Balaban J connectivity index is 1.63. The quantitative estimate of drug-likeness (QED) is 0.388. The molecule has 0 fully saturated rings. The van der Waals surface area contributed by atoms with Crippen molar-refractivity contribution in [2.24, 2.45) is 0 Å². The van der Waals surface area contributed by atoms with Crippen molar-refractivity contribution >= 4 is 5.91 Å². The van der Waals surface area contributed by atoms with Crippen LogP contribution in [0.25, 0.3) is 11.3 Å². The minimum atomic E-state index is -0.766. The molecule has 4 rings (SSSR count). The minimum Gasteiger partial charge on any atom is -0.497 e. The maximum atomic E-state index is 13.6. The van der Waals surface area contributed by atoms with Gasteiger partial charge in [0.2, 0.25) is 5.91 Å². The van der Waals surface area contributed by atoms with E-state index in [0.717, 1.165) is 22.4 Å². The Morgan fingerprint density at radius 2 is 1.41 bits per heavy atom. The zero-order chi connectivity index (χ0) is 23.9. The number of amides is 1. The lowest BCUT2D eigenvalue weighted by atomic mass is 10.1. The molecule has 0 saturated carbocycles. The molecule has 0 bridgehead atoms. The lowest BCUT2D eigenvalue weighted by Crippen LogP contribution is -2.39. The molecule has 0 radical (unpaired) electrons. The molecule has 0 aliphatic carbocycles. The first-order valence-electron chi connectivity index (χ1n) is 11.2. The standard InChI is InChI=1S/C28H27N3O3/c1-21(31-27(32)18-17-26(29-31)24-13-15-25(34-2)16-14-24)28(33)30(19-22-9-5-3-6-10-22)20-23-11-7-4-8-12-23/h3-18,21H,19-20H2,1-2H3. The van der Waals surface area contributed by atoms with Crippen molar-refractivity contribution in [1.29, 1.82) is 0 Å². The van der Waals surface area contributed by atoms with Crippen LogP contribution in [0, 0.1) is 0 Å². The fraction of sp³-hybridized carbons (Fsp3) is 0.179. The van der Waals surface area contributed by atoms with Gasteiger partial charge in [0.15, 0.2) is 0 Å². The van der Waals surface area contributed by atoms with E-state index in [9.17, 15) is 9.59 Å². The van der Waals surface area contributed by atoms with Gasteiger partial charge < -0.3 is 9.64 Å². The Bertz CT molecular complexity index is 1240. The first-order chi connectivity index (χ1) is 16.5. The molecule has 1 amide bonds. The Labute approximate surface area is 199 Å². The van der Waals surface area contributed by atoms with E-state index in [1.807, 2.05) is 84.9 Å². The number of nitrogens with zero attached hydrogens (tertiary/aromatic N) is 3. The average molecular weight is 454 g/mol. The number of methoxy groups -OCH3 is 1. The fourth-order valence-corrected chi connectivity index (χ4v) is 3.81. The molecule has 172 valence electrons. The van der Waals surface area contributed by atoms with E-state index < -0.39 is 6.04 Å². The van der Waals surface area contributed by atoms with Crippen LogP contribution < -0.4 is 10.3 Å². The van der Waals surface area contributed by atoms with Crippen molar-refractivity contribution < 1.29 is 9.53 Å². The van der Waals surface area contributed by atoms with Gasteiger partial charge in [0, 0.05) is 24.7 Å². The van der Waals surface area contributed by atoms with Gasteiger partial charge in [-0.3, -0.25) is 9.59 Å². The summed E-state index contributed by atoms with van der Waals surface area (Å²) in [4.78, 5) is 28.1. The molecule has 0 N–H and O–H groups in total. The largest absolute Gasteiger partial charge is 0.497 e. The molecule has 3 aromatic carbocycles.